The lowest BCUT2D eigenvalue weighted by atomic mass is 10.0. The Balaban J connectivity index is 1.91. The summed E-state index contributed by atoms with van der Waals surface area (Å²) in [6, 6.07) is 8.62. The Morgan fingerprint density at radius 2 is 2.26 bits per heavy atom. The maximum atomic E-state index is 12.3. The number of hydrogen-bond acceptors (Lipinski definition) is 2. The van der Waals surface area contributed by atoms with E-state index in [0.717, 1.165) is 19.4 Å². The lowest BCUT2D eigenvalue weighted by Gasteiger charge is -2.25. The van der Waals surface area contributed by atoms with Crippen LogP contribution in [0.4, 0.5) is 0 Å². The molecule has 0 aromatic heterocycles. The van der Waals surface area contributed by atoms with Crippen molar-refractivity contribution in [2.75, 3.05) is 13.1 Å². The molecule has 2 N–H and O–H groups in total. The Bertz CT molecular complexity index is 444. The van der Waals surface area contributed by atoms with Gasteiger partial charge in [0.25, 0.3) is 0 Å². The van der Waals surface area contributed by atoms with Crippen LogP contribution in [0, 0.1) is 12.8 Å². The Morgan fingerprint density at radius 3 is 2.95 bits per heavy atom. The van der Waals surface area contributed by atoms with Crippen molar-refractivity contribution in [3.05, 3.63) is 35.4 Å². The fourth-order valence-electron chi connectivity index (χ4n) is 2.94. The van der Waals surface area contributed by atoms with Crippen molar-refractivity contribution >= 4 is 5.91 Å². The number of amides is 1. The molecule has 1 fully saturated rings. The van der Waals surface area contributed by atoms with E-state index in [1.807, 2.05) is 4.90 Å². The number of carbonyl (C=O) groups excluding carboxylic acids is 1. The fourth-order valence-corrected chi connectivity index (χ4v) is 2.94. The number of hydrogen-bond donors (Lipinski definition) is 1. The third-order valence-corrected chi connectivity index (χ3v) is 4.15. The van der Waals surface area contributed by atoms with E-state index >= 15 is 0 Å². The van der Waals surface area contributed by atoms with Gasteiger partial charge in [0.2, 0.25) is 5.91 Å². The fraction of sp³-hybridized carbons (Fsp3) is 0.562. The van der Waals surface area contributed by atoms with Gasteiger partial charge in [-0.3, -0.25) is 4.79 Å². The number of rotatable bonds is 4. The minimum atomic E-state index is 0.241. The molecule has 1 aromatic rings. The summed E-state index contributed by atoms with van der Waals surface area (Å²) in [4.78, 5) is 14.3. The predicted octanol–water partition coefficient (Wildman–Crippen LogP) is 2.12. The van der Waals surface area contributed by atoms with Gasteiger partial charge >= 0.3 is 0 Å². The lowest BCUT2D eigenvalue weighted by Crippen LogP contribution is -2.42. The molecule has 0 saturated carbocycles. The molecule has 2 atom stereocenters. The maximum Gasteiger partial charge on any atom is 0.223 e. The van der Waals surface area contributed by atoms with Gasteiger partial charge in [0.05, 0.1) is 0 Å². The summed E-state index contributed by atoms with van der Waals surface area (Å²) >= 11 is 0. The average Bonchev–Trinajstić information content (AvgIpc) is 2.77. The Hall–Kier alpha value is -1.35. The lowest BCUT2D eigenvalue weighted by molar-refractivity contribution is -0.132. The quantitative estimate of drug-likeness (QED) is 0.901. The van der Waals surface area contributed by atoms with Gasteiger partial charge in [-0.15, -0.1) is 0 Å². The van der Waals surface area contributed by atoms with E-state index in [1.54, 1.807) is 0 Å². The van der Waals surface area contributed by atoms with E-state index in [1.165, 1.54) is 11.1 Å². The van der Waals surface area contributed by atoms with Crippen LogP contribution in [0.1, 0.15) is 30.9 Å². The van der Waals surface area contributed by atoms with Crippen LogP contribution < -0.4 is 5.73 Å². The first-order valence-electron chi connectivity index (χ1n) is 7.17. The van der Waals surface area contributed by atoms with Crippen molar-refractivity contribution in [3.63, 3.8) is 0 Å². The van der Waals surface area contributed by atoms with Crippen molar-refractivity contribution in [1.29, 1.82) is 0 Å². The molecule has 0 bridgehead atoms. The minimum Gasteiger partial charge on any atom is -0.338 e. The molecule has 1 saturated heterocycles. The Labute approximate surface area is 115 Å². The third kappa shape index (κ3) is 3.35. The molecule has 2 unspecified atom stereocenters. The van der Waals surface area contributed by atoms with Crippen LogP contribution in [0.25, 0.3) is 0 Å². The van der Waals surface area contributed by atoms with Crippen LogP contribution in [-0.2, 0) is 11.2 Å². The van der Waals surface area contributed by atoms with Gasteiger partial charge in [-0.2, -0.15) is 0 Å². The molecule has 1 amide bonds. The Morgan fingerprint density at radius 1 is 1.47 bits per heavy atom. The number of nitrogens with two attached hydrogens (primary N) is 1. The summed E-state index contributed by atoms with van der Waals surface area (Å²) in [6.07, 6.45) is 2.49. The predicted molar refractivity (Wildman–Crippen MR) is 77.8 cm³/mol. The van der Waals surface area contributed by atoms with Crippen molar-refractivity contribution in [2.24, 2.45) is 11.7 Å². The molecule has 0 radical (unpaired) electrons. The topological polar surface area (TPSA) is 46.3 Å². The molecule has 3 nitrogen and oxygen atoms in total. The standard InChI is InChI=1S/C16H24N2O/c1-12-4-3-5-14(10-12)6-7-16(19)18-9-8-13(2)15(18)11-17/h3-5,10,13,15H,6-9,11,17H2,1-2H3. The van der Waals surface area contributed by atoms with Crippen LogP contribution >= 0.6 is 0 Å². The van der Waals surface area contributed by atoms with Crippen LogP contribution in [0.15, 0.2) is 24.3 Å². The largest absolute Gasteiger partial charge is 0.338 e. The molecule has 1 aromatic carbocycles. The maximum absolute atomic E-state index is 12.3. The number of likely N-dealkylation sites (tertiary alicyclic amines) is 1. The second-order valence-electron chi connectivity index (χ2n) is 5.65. The summed E-state index contributed by atoms with van der Waals surface area (Å²) in [5.41, 5.74) is 8.28. The van der Waals surface area contributed by atoms with Gasteiger partial charge in [-0.05, 0) is 31.2 Å². The smallest absolute Gasteiger partial charge is 0.223 e. The molecular formula is C16H24N2O. The molecule has 0 aliphatic carbocycles. The summed E-state index contributed by atoms with van der Waals surface area (Å²) in [5.74, 6) is 0.786. The first kappa shape index (κ1) is 14.1. The molecule has 0 spiro atoms. The molecule has 1 heterocycles. The third-order valence-electron chi connectivity index (χ3n) is 4.15. The number of aryl methyl sites for hydroxylation is 2. The number of nitrogens with zero attached hydrogens (tertiary/aromatic N) is 1. The summed E-state index contributed by atoms with van der Waals surface area (Å²) < 4.78 is 0. The van der Waals surface area contributed by atoms with E-state index in [-0.39, 0.29) is 11.9 Å². The first-order valence-corrected chi connectivity index (χ1v) is 7.17. The van der Waals surface area contributed by atoms with Crippen LogP contribution in [-0.4, -0.2) is 29.9 Å². The summed E-state index contributed by atoms with van der Waals surface area (Å²) in [6.45, 7) is 5.72. The SMILES string of the molecule is Cc1cccc(CCC(=O)N2CCC(C)C2CN)c1. The van der Waals surface area contributed by atoms with E-state index in [0.29, 0.717) is 18.9 Å². The second kappa shape index (κ2) is 6.20. The van der Waals surface area contributed by atoms with Gasteiger partial charge < -0.3 is 10.6 Å². The number of benzene rings is 1. The van der Waals surface area contributed by atoms with Gasteiger partial charge in [-0.1, -0.05) is 36.8 Å². The number of carbonyl (C=O) groups is 1. The molecule has 104 valence electrons. The zero-order valence-electron chi connectivity index (χ0n) is 11.9. The molecule has 19 heavy (non-hydrogen) atoms. The highest BCUT2D eigenvalue weighted by atomic mass is 16.2. The van der Waals surface area contributed by atoms with Gasteiger partial charge in [0.15, 0.2) is 0 Å². The monoisotopic (exact) mass is 260 g/mol. The van der Waals surface area contributed by atoms with Crippen molar-refractivity contribution < 1.29 is 4.79 Å². The van der Waals surface area contributed by atoms with Crippen LogP contribution in [0.2, 0.25) is 0 Å². The van der Waals surface area contributed by atoms with E-state index in [9.17, 15) is 4.79 Å². The highest BCUT2D eigenvalue weighted by Crippen LogP contribution is 2.24. The van der Waals surface area contributed by atoms with Crippen molar-refractivity contribution in [1.82, 2.24) is 4.90 Å². The van der Waals surface area contributed by atoms with Gasteiger partial charge in [-0.25, -0.2) is 0 Å². The molecule has 1 aliphatic heterocycles. The normalized spacial score (nSPS) is 22.8. The van der Waals surface area contributed by atoms with Gasteiger partial charge in [0.1, 0.15) is 0 Å². The van der Waals surface area contributed by atoms with Gasteiger partial charge in [0, 0.05) is 25.6 Å². The summed E-state index contributed by atoms with van der Waals surface area (Å²) in [7, 11) is 0. The molecule has 1 aliphatic rings. The second-order valence-corrected chi connectivity index (χ2v) is 5.65. The zero-order chi connectivity index (χ0) is 13.8. The van der Waals surface area contributed by atoms with Crippen LogP contribution in [0.5, 0.6) is 0 Å². The van der Waals surface area contributed by atoms with E-state index < -0.39 is 0 Å². The average molecular weight is 260 g/mol. The van der Waals surface area contributed by atoms with E-state index in [4.69, 9.17) is 5.73 Å². The highest BCUT2D eigenvalue weighted by Gasteiger charge is 2.32. The molecule has 2 rings (SSSR count). The minimum absolute atomic E-state index is 0.241. The van der Waals surface area contributed by atoms with Crippen LogP contribution in [0.3, 0.4) is 0 Å². The van der Waals surface area contributed by atoms with Crippen molar-refractivity contribution in [2.45, 2.75) is 39.2 Å². The zero-order valence-corrected chi connectivity index (χ0v) is 11.9. The molecule has 3 heteroatoms. The molecular weight excluding hydrogens is 236 g/mol. The Kier molecular flexibility index (Phi) is 4.59. The van der Waals surface area contributed by atoms with E-state index in [2.05, 4.69) is 38.1 Å². The first-order chi connectivity index (χ1) is 9.11. The van der Waals surface area contributed by atoms with Crippen molar-refractivity contribution in [3.8, 4) is 0 Å². The highest BCUT2D eigenvalue weighted by molar-refractivity contribution is 5.77. The summed E-state index contributed by atoms with van der Waals surface area (Å²) in [5, 5.41) is 0.